The lowest BCUT2D eigenvalue weighted by Gasteiger charge is -2.15. The van der Waals surface area contributed by atoms with Crippen molar-refractivity contribution in [2.24, 2.45) is 0 Å². The first-order chi connectivity index (χ1) is 11.5. The van der Waals surface area contributed by atoms with Gasteiger partial charge in [-0.25, -0.2) is 0 Å². The van der Waals surface area contributed by atoms with Crippen molar-refractivity contribution in [3.63, 3.8) is 0 Å². The molecule has 24 heavy (non-hydrogen) atoms. The van der Waals surface area contributed by atoms with Crippen LogP contribution in [0, 0.1) is 6.92 Å². The maximum atomic E-state index is 12.2. The van der Waals surface area contributed by atoms with Crippen LogP contribution in [0.4, 0.5) is 0 Å². The lowest BCUT2D eigenvalue weighted by atomic mass is 10.1. The molecule has 1 heterocycles. The van der Waals surface area contributed by atoms with E-state index in [0.717, 1.165) is 17.3 Å². The minimum absolute atomic E-state index is 0.0476. The molecule has 5 nitrogen and oxygen atoms in total. The van der Waals surface area contributed by atoms with E-state index in [4.69, 9.17) is 9.15 Å². The molecule has 0 saturated carbocycles. The van der Waals surface area contributed by atoms with Crippen LogP contribution in [0.5, 0.6) is 5.75 Å². The topological polar surface area (TPSA) is 59.8 Å². The van der Waals surface area contributed by atoms with Gasteiger partial charge in [0.2, 0.25) is 5.91 Å². The summed E-state index contributed by atoms with van der Waals surface area (Å²) >= 11 is 0. The summed E-state index contributed by atoms with van der Waals surface area (Å²) in [5.74, 6) is 2.16. The number of carbonyl (C=O) groups excluding carboxylic acids is 2. The Morgan fingerprint density at radius 3 is 2.38 bits per heavy atom. The summed E-state index contributed by atoms with van der Waals surface area (Å²) < 4.78 is 10.8. The number of amides is 1. The van der Waals surface area contributed by atoms with Crippen molar-refractivity contribution >= 4 is 11.7 Å². The largest absolute Gasteiger partial charge is 0.494 e. The number of hydrogen-bond donors (Lipinski definition) is 0. The molecule has 0 atom stereocenters. The lowest BCUT2D eigenvalue weighted by Crippen LogP contribution is -2.26. The maximum absolute atomic E-state index is 12.2. The zero-order valence-corrected chi connectivity index (χ0v) is 14.4. The van der Waals surface area contributed by atoms with Crippen molar-refractivity contribution < 1.29 is 18.7 Å². The van der Waals surface area contributed by atoms with Crippen molar-refractivity contribution in [1.29, 1.82) is 0 Å². The van der Waals surface area contributed by atoms with Gasteiger partial charge in [-0.05, 0) is 50.2 Å². The number of aryl methyl sites for hydroxylation is 1. The molecule has 0 saturated heterocycles. The summed E-state index contributed by atoms with van der Waals surface area (Å²) in [7, 11) is 1.71. The van der Waals surface area contributed by atoms with Crippen LogP contribution in [0.1, 0.15) is 41.6 Å². The second-order valence-corrected chi connectivity index (χ2v) is 5.64. The highest BCUT2D eigenvalue weighted by Crippen LogP contribution is 2.15. The SMILES string of the molecule is CCOc1ccc(C(=O)CCC(=O)N(C)Cc2ccc(C)o2)cc1. The second kappa shape index (κ2) is 8.34. The van der Waals surface area contributed by atoms with Crippen LogP contribution in [0.15, 0.2) is 40.8 Å². The van der Waals surface area contributed by atoms with Crippen molar-refractivity contribution in [2.75, 3.05) is 13.7 Å². The molecule has 5 heteroatoms. The van der Waals surface area contributed by atoms with Gasteiger partial charge >= 0.3 is 0 Å². The van der Waals surface area contributed by atoms with Crippen LogP contribution < -0.4 is 4.74 Å². The van der Waals surface area contributed by atoms with Crippen LogP contribution in [0.2, 0.25) is 0 Å². The molecule has 0 N–H and O–H groups in total. The van der Waals surface area contributed by atoms with Gasteiger partial charge in [-0.2, -0.15) is 0 Å². The summed E-state index contributed by atoms with van der Waals surface area (Å²) in [6, 6.07) is 10.7. The van der Waals surface area contributed by atoms with Gasteiger partial charge in [-0.1, -0.05) is 0 Å². The summed E-state index contributed by atoms with van der Waals surface area (Å²) in [4.78, 5) is 25.9. The molecule has 0 unspecified atom stereocenters. The molecule has 0 bridgehead atoms. The highest BCUT2D eigenvalue weighted by Gasteiger charge is 2.14. The van der Waals surface area contributed by atoms with Crippen LogP contribution in [-0.2, 0) is 11.3 Å². The van der Waals surface area contributed by atoms with Crippen molar-refractivity contribution in [1.82, 2.24) is 4.90 Å². The quantitative estimate of drug-likeness (QED) is 0.694. The molecule has 0 spiro atoms. The standard InChI is InChI=1S/C19H23NO4/c1-4-23-16-9-6-15(7-10-16)18(21)11-12-19(22)20(3)13-17-8-5-14(2)24-17/h5-10H,4,11-13H2,1-3H3. The van der Waals surface area contributed by atoms with Gasteiger partial charge in [-0.15, -0.1) is 0 Å². The van der Waals surface area contributed by atoms with Crippen LogP contribution in [0.3, 0.4) is 0 Å². The number of ketones is 1. The molecule has 128 valence electrons. The van der Waals surface area contributed by atoms with E-state index in [2.05, 4.69) is 0 Å². The Morgan fingerprint density at radius 1 is 1.08 bits per heavy atom. The van der Waals surface area contributed by atoms with E-state index in [1.54, 1.807) is 36.2 Å². The summed E-state index contributed by atoms with van der Waals surface area (Å²) in [6.07, 6.45) is 0.372. The number of hydrogen-bond acceptors (Lipinski definition) is 4. The number of Topliss-reactive ketones (excluding diaryl/α,β-unsaturated/α-hetero) is 1. The molecule has 0 radical (unpaired) electrons. The molecule has 1 aromatic carbocycles. The van der Waals surface area contributed by atoms with Crippen LogP contribution in [0.25, 0.3) is 0 Å². The number of carbonyl (C=O) groups is 2. The fourth-order valence-corrected chi connectivity index (χ4v) is 2.35. The normalized spacial score (nSPS) is 10.5. The molecule has 0 aliphatic carbocycles. The summed E-state index contributed by atoms with van der Waals surface area (Å²) in [6.45, 7) is 4.76. The number of furan rings is 1. The minimum atomic E-state index is -0.0802. The fraction of sp³-hybridized carbons (Fsp3) is 0.368. The molecule has 1 amide bonds. The Balaban J connectivity index is 1.82. The smallest absolute Gasteiger partial charge is 0.223 e. The Kier molecular flexibility index (Phi) is 6.18. The Labute approximate surface area is 142 Å². The first kappa shape index (κ1) is 17.8. The minimum Gasteiger partial charge on any atom is -0.494 e. The highest BCUT2D eigenvalue weighted by atomic mass is 16.5. The first-order valence-corrected chi connectivity index (χ1v) is 8.05. The average molecular weight is 329 g/mol. The number of nitrogens with zero attached hydrogens (tertiary/aromatic N) is 1. The zero-order chi connectivity index (χ0) is 17.5. The van der Waals surface area contributed by atoms with Crippen molar-refractivity contribution in [2.45, 2.75) is 33.2 Å². The highest BCUT2D eigenvalue weighted by molar-refractivity contribution is 5.98. The van der Waals surface area contributed by atoms with E-state index in [1.807, 2.05) is 26.0 Å². The Morgan fingerprint density at radius 2 is 1.79 bits per heavy atom. The molecular formula is C19H23NO4. The predicted molar refractivity (Wildman–Crippen MR) is 91.1 cm³/mol. The van der Waals surface area contributed by atoms with E-state index in [1.165, 1.54) is 0 Å². The van der Waals surface area contributed by atoms with Crippen LogP contribution >= 0.6 is 0 Å². The fourth-order valence-electron chi connectivity index (χ4n) is 2.35. The van der Waals surface area contributed by atoms with Crippen molar-refractivity contribution in [3.8, 4) is 5.75 Å². The number of ether oxygens (including phenoxy) is 1. The third-order valence-corrected chi connectivity index (χ3v) is 3.67. The van der Waals surface area contributed by atoms with Gasteiger partial charge in [0.1, 0.15) is 17.3 Å². The lowest BCUT2D eigenvalue weighted by molar-refractivity contribution is -0.130. The molecule has 2 rings (SSSR count). The predicted octanol–water partition coefficient (Wildman–Crippen LogP) is 3.61. The van der Waals surface area contributed by atoms with E-state index < -0.39 is 0 Å². The van der Waals surface area contributed by atoms with E-state index in [9.17, 15) is 9.59 Å². The zero-order valence-electron chi connectivity index (χ0n) is 14.4. The van der Waals surface area contributed by atoms with Gasteiger partial charge in [0.15, 0.2) is 5.78 Å². The van der Waals surface area contributed by atoms with Gasteiger partial charge in [-0.3, -0.25) is 9.59 Å². The molecule has 0 fully saturated rings. The van der Waals surface area contributed by atoms with Crippen molar-refractivity contribution in [3.05, 3.63) is 53.5 Å². The van der Waals surface area contributed by atoms with Gasteiger partial charge < -0.3 is 14.1 Å². The molecule has 0 aliphatic rings. The second-order valence-electron chi connectivity index (χ2n) is 5.64. The average Bonchev–Trinajstić information content (AvgIpc) is 2.98. The monoisotopic (exact) mass is 329 g/mol. The summed E-state index contributed by atoms with van der Waals surface area (Å²) in [5, 5.41) is 0. The van der Waals surface area contributed by atoms with E-state index in [-0.39, 0.29) is 24.5 Å². The Hall–Kier alpha value is -2.56. The van der Waals surface area contributed by atoms with E-state index in [0.29, 0.717) is 18.7 Å². The third-order valence-electron chi connectivity index (χ3n) is 3.67. The van der Waals surface area contributed by atoms with E-state index >= 15 is 0 Å². The number of rotatable bonds is 8. The van der Waals surface area contributed by atoms with Crippen LogP contribution in [-0.4, -0.2) is 30.2 Å². The van der Waals surface area contributed by atoms with Gasteiger partial charge in [0, 0.05) is 25.5 Å². The maximum Gasteiger partial charge on any atom is 0.223 e. The molecule has 2 aromatic rings. The van der Waals surface area contributed by atoms with Gasteiger partial charge in [0.25, 0.3) is 0 Å². The summed E-state index contributed by atoms with van der Waals surface area (Å²) in [5.41, 5.74) is 0.593. The van der Waals surface area contributed by atoms with Gasteiger partial charge in [0.05, 0.1) is 13.2 Å². The first-order valence-electron chi connectivity index (χ1n) is 8.05. The Bertz CT molecular complexity index is 688. The molecule has 0 aliphatic heterocycles. The number of benzene rings is 1. The molecule has 1 aromatic heterocycles. The third kappa shape index (κ3) is 4.98. The molecular weight excluding hydrogens is 306 g/mol.